The smallest absolute Gasteiger partial charge is 0.388 e. The van der Waals surface area contributed by atoms with E-state index in [-0.39, 0.29) is 43.6 Å². The fraction of sp³-hybridized carbons (Fsp3) is 0.333. The SMILES string of the molecule is O=C(C[C@H](c1ccccc1)C(F)(F)F)N1CCC(O)(Cn2cnc3c(cnn3-c3ccccc3)c2=O)CC1. The Labute approximate surface area is 216 Å². The number of alkyl halides is 3. The van der Waals surface area contributed by atoms with Crippen LogP contribution in [-0.2, 0) is 11.3 Å². The molecule has 8 nitrogen and oxygen atoms in total. The molecule has 0 aliphatic carbocycles. The number of nitrogens with zero attached hydrogens (tertiary/aromatic N) is 5. The Morgan fingerprint density at radius 3 is 2.29 bits per heavy atom. The Hall–Kier alpha value is -3.99. The van der Waals surface area contributed by atoms with Crippen molar-refractivity contribution in [2.75, 3.05) is 13.1 Å². The molecule has 0 unspecified atom stereocenters. The van der Waals surface area contributed by atoms with Crippen molar-refractivity contribution in [3.63, 3.8) is 0 Å². The Morgan fingerprint density at radius 2 is 1.66 bits per heavy atom. The first-order chi connectivity index (χ1) is 18.1. The molecule has 1 aliphatic rings. The number of rotatable bonds is 6. The van der Waals surface area contributed by atoms with Gasteiger partial charge in [-0.3, -0.25) is 14.2 Å². The Kier molecular flexibility index (Phi) is 6.78. The van der Waals surface area contributed by atoms with Crippen molar-refractivity contribution in [1.29, 1.82) is 0 Å². The lowest BCUT2D eigenvalue weighted by Crippen LogP contribution is -2.50. The molecule has 0 saturated carbocycles. The van der Waals surface area contributed by atoms with Crippen LogP contribution in [0.2, 0.25) is 0 Å². The number of aliphatic hydroxyl groups is 1. The topological polar surface area (TPSA) is 93.2 Å². The summed E-state index contributed by atoms with van der Waals surface area (Å²) in [5, 5.41) is 15.7. The molecule has 1 amide bonds. The van der Waals surface area contributed by atoms with E-state index in [0.29, 0.717) is 11.0 Å². The molecule has 0 bridgehead atoms. The van der Waals surface area contributed by atoms with Gasteiger partial charge < -0.3 is 10.0 Å². The van der Waals surface area contributed by atoms with Gasteiger partial charge in [-0.15, -0.1) is 0 Å². The molecule has 1 fully saturated rings. The van der Waals surface area contributed by atoms with Crippen LogP contribution in [0.4, 0.5) is 13.2 Å². The van der Waals surface area contributed by atoms with Gasteiger partial charge in [0.15, 0.2) is 5.65 Å². The van der Waals surface area contributed by atoms with Crippen LogP contribution in [0.5, 0.6) is 0 Å². The van der Waals surface area contributed by atoms with Gasteiger partial charge in [-0.25, -0.2) is 9.67 Å². The third kappa shape index (κ3) is 5.19. The van der Waals surface area contributed by atoms with Gasteiger partial charge in [-0.1, -0.05) is 48.5 Å². The quantitative estimate of drug-likeness (QED) is 0.415. The molecule has 2 aromatic carbocycles. The zero-order chi connectivity index (χ0) is 26.9. The fourth-order valence-corrected chi connectivity index (χ4v) is 4.88. The number of likely N-dealkylation sites (tertiary alicyclic amines) is 1. The van der Waals surface area contributed by atoms with Crippen molar-refractivity contribution in [3.8, 4) is 5.69 Å². The van der Waals surface area contributed by atoms with E-state index < -0.39 is 30.0 Å². The summed E-state index contributed by atoms with van der Waals surface area (Å²) in [5.41, 5.74) is -0.487. The highest BCUT2D eigenvalue weighted by molar-refractivity contribution is 5.77. The van der Waals surface area contributed by atoms with Gasteiger partial charge in [0, 0.05) is 19.5 Å². The number of fused-ring (bicyclic) bond motifs is 1. The number of amides is 1. The Morgan fingerprint density at radius 1 is 1.03 bits per heavy atom. The highest BCUT2D eigenvalue weighted by Crippen LogP contribution is 2.38. The van der Waals surface area contributed by atoms with Crippen molar-refractivity contribution >= 4 is 16.9 Å². The second-order valence-corrected chi connectivity index (χ2v) is 9.62. The number of para-hydroxylation sites is 1. The molecular formula is C27H26F3N5O3. The third-order valence-corrected chi connectivity index (χ3v) is 7.04. The molecule has 3 heterocycles. The first-order valence-electron chi connectivity index (χ1n) is 12.2. The van der Waals surface area contributed by atoms with Crippen molar-refractivity contribution in [1.82, 2.24) is 24.2 Å². The molecule has 4 aromatic rings. The van der Waals surface area contributed by atoms with E-state index in [1.807, 2.05) is 30.3 Å². The molecule has 0 radical (unpaired) electrons. The van der Waals surface area contributed by atoms with Crippen LogP contribution in [0, 0.1) is 0 Å². The molecular weight excluding hydrogens is 499 g/mol. The minimum Gasteiger partial charge on any atom is -0.388 e. The highest BCUT2D eigenvalue weighted by Gasteiger charge is 2.43. The summed E-state index contributed by atoms with van der Waals surface area (Å²) >= 11 is 0. The average molecular weight is 526 g/mol. The second-order valence-electron chi connectivity index (χ2n) is 9.62. The summed E-state index contributed by atoms with van der Waals surface area (Å²) in [5.74, 6) is -2.52. The van der Waals surface area contributed by atoms with Gasteiger partial charge in [0.1, 0.15) is 11.7 Å². The number of halogens is 3. The molecule has 11 heteroatoms. The van der Waals surface area contributed by atoms with Crippen molar-refractivity contribution in [3.05, 3.63) is 89.1 Å². The van der Waals surface area contributed by atoms with Gasteiger partial charge in [0.2, 0.25) is 5.91 Å². The lowest BCUT2D eigenvalue weighted by Gasteiger charge is -2.39. The predicted octanol–water partition coefficient (Wildman–Crippen LogP) is 3.67. The molecule has 1 aliphatic heterocycles. The van der Waals surface area contributed by atoms with Gasteiger partial charge in [-0.05, 0) is 30.5 Å². The number of piperidine rings is 1. The number of carbonyl (C=O) groups excluding carboxylic acids is 1. The maximum atomic E-state index is 13.7. The number of carbonyl (C=O) groups is 1. The molecule has 1 saturated heterocycles. The summed E-state index contributed by atoms with van der Waals surface area (Å²) in [4.78, 5) is 31.6. The molecule has 1 N–H and O–H groups in total. The van der Waals surface area contributed by atoms with E-state index in [2.05, 4.69) is 10.1 Å². The maximum absolute atomic E-state index is 13.7. The zero-order valence-corrected chi connectivity index (χ0v) is 20.4. The summed E-state index contributed by atoms with van der Waals surface area (Å²) in [6, 6.07) is 16.6. The highest BCUT2D eigenvalue weighted by atomic mass is 19.4. The molecule has 1 atom stereocenters. The Balaban J connectivity index is 1.26. The van der Waals surface area contributed by atoms with E-state index in [9.17, 15) is 27.9 Å². The largest absolute Gasteiger partial charge is 0.396 e. The summed E-state index contributed by atoms with van der Waals surface area (Å²) < 4.78 is 43.9. The van der Waals surface area contributed by atoms with Crippen LogP contribution in [-0.4, -0.2) is 60.1 Å². The monoisotopic (exact) mass is 525 g/mol. The molecule has 5 rings (SSSR count). The van der Waals surface area contributed by atoms with Crippen molar-refractivity contribution in [2.45, 2.75) is 43.5 Å². The van der Waals surface area contributed by atoms with Crippen molar-refractivity contribution in [2.24, 2.45) is 0 Å². The minimum absolute atomic E-state index is 0.0414. The normalized spacial score (nSPS) is 16.5. The predicted molar refractivity (Wildman–Crippen MR) is 134 cm³/mol. The molecule has 0 spiro atoms. The lowest BCUT2D eigenvalue weighted by molar-refractivity contribution is -0.162. The number of hydrogen-bond donors (Lipinski definition) is 1. The number of benzene rings is 2. The van der Waals surface area contributed by atoms with E-state index >= 15 is 0 Å². The Bertz CT molecular complexity index is 1480. The van der Waals surface area contributed by atoms with Crippen LogP contribution in [0.1, 0.15) is 30.7 Å². The average Bonchev–Trinajstić information content (AvgIpc) is 3.34. The molecule has 38 heavy (non-hydrogen) atoms. The van der Waals surface area contributed by atoms with E-state index in [1.165, 1.54) is 46.3 Å². The van der Waals surface area contributed by atoms with Gasteiger partial charge in [0.05, 0.1) is 29.9 Å². The number of aromatic nitrogens is 4. The van der Waals surface area contributed by atoms with Gasteiger partial charge >= 0.3 is 6.18 Å². The van der Waals surface area contributed by atoms with Gasteiger partial charge in [-0.2, -0.15) is 18.3 Å². The maximum Gasteiger partial charge on any atom is 0.396 e. The van der Waals surface area contributed by atoms with E-state index in [0.717, 1.165) is 5.69 Å². The van der Waals surface area contributed by atoms with Crippen LogP contribution >= 0.6 is 0 Å². The molecule has 2 aromatic heterocycles. The van der Waals surface area contributed by atoms with Crippen LogP contribution in [0.3, 0.4) is 0 Å². The van der Waals surface area contributed by atoms with Crippen LogP contribution in [0.25, 0.3) is 16.7 Å². The minimum atomic E-state index is -4.56. The van der Waals surface area contributed by atoms with Crippen molar-refractivity contribution < 1.29 is 23.1 Å². The van der Waals surface area contributed by atoms with Gasteiger partial charge in [0.25, 0.3) is 5.56 Å². The lowest BCUT2D eigenvalue weighted by atomic mass is 9.90. The molecule has 198 valence electrons. The summed E-state index contributed by atoms with van der Waals surface area (Å²) in [7, 11) is 0. The second kappa shape index (κ2) is 10.1. The fourth-order valence-electron chi connectivity index (χ4n) is 4.88. The first kappa shape index (κ1) is 25.7. The third-order valence-electron chi connectivity index (χ3n) is 7.04. The zero-order valence-electron chi connectivity index (χ0n) is 20.4. The summed E-state index contributed by atoms with van der Waals surface area (Å²) in [6.45, 7) is 0.124. The van der Waals surface area contributed by atoms with E-state index in [1.54, 1.807) is 10.7 Å². The van der Waals surface area contributed by atoms with Crippen LogP contribution in [0.15, 0.2) is 78.0 Å². The standard InChI is InChI=1S/C27H26F3N5O3/c28-27(29,30)22(19-7-3-1-4-8-19)15-23(36)33-13-11-26(38,12-14-33)17-34-18-31-24-21(25(34)37)16-32-35(24)20-9-5-2-6-10-20/h1-10,16,18,22,38H,11-15,17H2/t22-/m1/s1. The summed E-state index contributed by atoms with van der Waals surface area (Å²) in [6.07, 6.45) is -2.23. The first-order valence-corrected chi connectivity index (χ1v) is 12.2. The van der Waals surface area contributed by atoms with Crippen LogP contribution < -0.4 is 5.56 Å². The number of hydrogen-bond acceptors (Lipinski definition) is 5. The van der Waals surface area contributed by atoms with E-state index in [4.69, 9.17) is 0 Å².